The summed E-state index contributed by atoms with van der Waals surface area (Å²) in [5.41, 5.74) is 1.86. The number of hydrogen-bond donors (Lipinski definition) is 1. The van der Waals surface area contributed by atoms with Gasteiger partial charge in [-0.3, -0.25) is 9.59 Å². The van der Waals surface area contributed by atoms with E-state index < -0.39 is 0 Å². The topological polar surface area (TPSA) is 54.4 Å². The molecule has 1 aromatic carbocycles. The van der Waals surface area contributed by atoms with Crippen LogP contribution in [0, 0.1) is 28.6 Å². The number of hydrogen-bond acceptors (Lipinski definition) is 4. The summed E-state index contributed by atoms with van der Waals surface area (Å²) in [6.07, 6.45) is 7.05. The average Bonchev–Trinajstić information content (AvgIpc) is 3.08. The first-order chi connectivity index (χ1) is 14.5. The SMILES string of the molecule is C[C@]12CC[C@H]3[C@@H](CCC4=C(CSc5ccccc5)C(=O)CC[C@@]43CO)[C@@H]1CCC2=O. The van der Waals surface area contributed by atoms with E-state index in [0.717, 1.165) is 50.5 Å². The Bertz CT molecular complexity index is 891. The highest BCUT2D eigenvalue weighted by molar-refractivity contribution is 7.99. The molecule has 1 N–H and O–H groups in total. The summed E-state index contributed by atoms with van der Waals surface area (Å²) < 4.78 is 0. The molecule has 0 spiro atoms. The lowest BCUT2D eigenvalue weighted by atomic mass is 9.46. The van der Waals surface area contributed by atoms with Crippen molar-refractivity contribution >= 4 is 23.3 Å². The van der Waals surface area contributed by atoms with Gasteiger partial charge in [-0.1, -0.05) is 30.7 Å². The third-order valence-corrected chi connectivity index (χ3v) is 10.1. The smallest absolute Gasteiger partial charge is 0.159 e. The van der Waals surface area contributed by atoms with Crippen LogP contribution in [0.4, 0.5) is 0 Å². The van der Waals surface area contributed by atoms with E-state index >= 15 is 0 Å². The average molecular weight is 425 g/mol. The van der Waals surface area contributed by atoms with Crippen molar-refractivity contribution in [3.05, 3.63) is 41.5 Å². The zero-order valence-corrected chi connectivity index (χ0v) is 18.7. The second kappa shape index (κ2) is 7.63. The quantitative estimate of drug-likeness (QED) is 0.673. The molecule has 3 fully saturated rings. The first kappa shape index (κ1) is 20.5. The Morgan fingerprint density at radius 2 is 1.80 bits per heavy atom. The molecule has 0 unspecified atom stereocenters. The number of Topliss-reactive ketones (excluding diaryl/α,β-unsaturated/α-hetero) is 2. The van der Waals surface area contributed by atoms with Gasteiger partial charge in [0, 0.05) is 39.9 Å². The first-order valence-corrected chi connectivity index (χ1v) is 12.6. The van der Waals surface area contributed by atoms with Crippen LogP contribution in [0.1, 0.15) is 58.3 Å². The highest BCUT2D eigenvalue weighted by Crippen LogP contribution is 2.65. The summed E-state index contributed by atoms with van der Waals surface area (Å²) in [5.74, 6) is 2.85. The highest BCUT2D eigenvalue weighted by Gasteiger charge is 2.60. The van der Waals surface area contributed by atoms with E-state index in [2.05, 4.69) is 19.1 Å². The van der Waals surface area contributed by atoms with E-state index in [4.69, 9.17) is 0 Å². The van der Waals surface area contributed by atoms with Crippen LogP contribution in [0.2, 0.25) is 0 Å². The van der Waals surface area contributed by atoms with Crippen molar-refractivity contribution in [2.75, 3.05) is 12.4 Å². The second-order valence-electron chi connectivity index (χ2n) is 10.1. The first-order valence-electron chi connectivity index (χ1n) is 11.6. The van der Waals surface area contributed by atoms with Gasteiger partial charge in [-0.05, 0) is 68.4 Å². The summed E-state index contributed by atoms with van der Waals surface area (Å²) >= 11 is 1.74. The van der Waals surface area contributed by atoms with Crippen LogP contribution in [0.25, 0.3) is 0 Å². The number of ketones is 2. The van der Waals surface area contributed by atoms with Crippen LogP contribution in [0.3, 0.4) is 0 Å². The molecule has 3 saturated carbocycles. The van der Waals surface area contributed by atoms with Crippen LogP contribution in [-0.4, -0.2) is 29.0 Å². The lowest BCUT2D eigenvalue weighted by Gasteiger charge is -2.58. The Morgan fingerprint density at radius 3 is 2.57 bits per heavy atom. The molecular formula is C26H32O3S. The van der Waals surface area contributed by atoms with Gasteiger partial charge in [0.05, 0.1) is 6.61 Å². The van der Waals surface area contributed by atoms with Crippen LogP contribution < -0.4 is 0 Å². The summed E-state index contributed by atoms with van der Waals surface area (Å²) in [7, 11) is 0. The molecule has 0 aromatic heterocycles. The molecule has 0 aliphatic heterocycles. The van der Waals surface area contributed by atoms with Crippen molar-refractivity contribution in [1.29, 1.82) is 0 Å². The molecule has 30 heavy (non-hydrogen) atoms. The van der Waals surface area contributed by atoms with Gasteiger partial charge in [-0.15, -0.1) is 11.8 Å². The van der Waals surface area contributed by atoms with Gasteiger partial charge in [0.25, 0.3) is 0 Å². The Balaban J connectivity index is 1.48. The third kappa shape index (κ3) is 2.97. The van der Waals surface area contributed by atoms with Crippen molar-refractivity contribution in [3.8, 4) is 0 Å². The number of carbonyl (C=O) groups excluding carboxylic acids is 2. The van der Waals surface area contributed by atoms with E-state index in [1.807, 2.05) is 18.2 Å². The number of fused-ring (bicyclic) bond motifs is 5. The number of benzene rings is 1. The molecule has 160 valence electrons. The lowest BCUT2D eigenvalue weighted by Crippen LogP contribution is -2.53. The fourth-order valence-corrected chi connectivity index (χ4v) is 8.50. The van der Waals surface area contributed by atoms with E-state index in [1.165, 1.54) is 10.5 Å². The Hall–Kier alpha value is -1.39. The fraction of sp³-hybridized carbons (Fsp3) is 0.615. The maximum atomic E-state index is 13.0. The zero-order chi connectivity index (χ0) is 20.9. The predicted octanol–water partition coefficient (Wildman–Crippen LogP) is 5.22. The standard InChI is InChI=1S/C26H32O3S/c1-25-13-11-22-18(20(25)9-10-24(25)29)7-8-21-19(15-30-17-5-3-2-4-6-17)23(28)12-14-26(21,22)16-27/h2-6,18,20,22,27H,7-16H2,1H3/t18-,20-,22-,25-,26+/m0/s1. The maximum absolute atomic E-state index is 13.0. The molecule has 1 aromatic rings. The van der Waals surface area contributed by atoms with Gasteiger partial charge >= 0.3 is 0 Å². The van der Waals surface area contributed by atoms with Crippen molar-refractivity contribution < 1.29 is 14.7 Å². The summed E-state index contributed by atoms with van der Waals surface area (Å²) in [5, 5.41) is 10.7. The monoisotopic (exact) mass is 424 g/mol. The maximum Gasteiger partial charge on any atom is 0.159 e. The second-order valence-corrected chi connectivity index (χ2v) is 11.2. The Morgan fingerprint density at radius 1 is 1.00 bits per heavy atom. The van der Waals surface area contributed by atoms with E-state index in [-0.39, 0.29) is 23.2 Å². The largest absolute Gasteiger partial charge is 0.395 e. The molecule has 4 heteroatoms. The van der Waals surface area contributed by atoms with Crippen molar-refractivity contribution in [2.24, 2.45) is 28.6 Å². The molecule has 0 radical (unpaired) electrons. The van der Waals surface area contributed by atoms with Gasteiger partial charge in [-0.2, -0.15) is 0 Å². The predicted molar refractivity (Wildman–Crippen MR) is 119 cm³/mol. The number of thioether (sulfide) groups is 1. The van der Waals surface area contributed by atoms with Crippen LogP contribution in [0.15, 0.2) is 46.4 Å². The zero-order valence-electron chi connectivity index (χ0n) is 17.9. The van der Waals surface area contributed by atoms with E-state index in [1.54, 1.807) is 11.8 Å². The molecule has 0 saturated heterocycles. The fourth-order valence-electron chi connectivity index (χ4n) is 7.51. The van der Waals surface area contributed by atoms with Crippen LogP contribution in [0.5, 0.6) is 0 Å². The van der Waals surface area contributed by atoms with Crippen molar-refractivity contribution in [3.63, 3.8) is 0 Å². The lowest BCUT2D eigenvalue weighted by molar-refractivity contribution is -0.134. The highest BCUT2D eigenvalue weighted by atomic mass is 32.2. The number of rotatable bonds is 4. The Kier molecular flexibility index (Phi) is 5.22. The Labute approximate surface area is 183 Å². The number of carbonyl (C=O) groups is 2. The molecule has 0 bridgehead atoms. The molecule has 5 rings (SSSR count). The minimum atomic E-state index is -0.240. The number of aliphatic hydroxyl groups is 1. The van der Waals surface area contributed by atoms with Crippen molar-refractivity contribution in [2.45, 2.75) is 63.2 Å². The number of aliphatic hydroxyl groups excluding tert-OH is 1. The van der Waals surface area contributed by atoms with Gasteiger partial charge in [0.15, 0.2) is 5.78 Å². The van der Waals surface area contributed by atoms with Crippen molar-refractivity contribution in [1.82, 2.24) is 0 Å². The van der Waals surface area contributed by atoms with Crippen LogP contribution >= 0.6 is 11.8 Å². The minimum absolute atomic E-state index is 0.143. The van der Waals surface area contributed by atoms with Crippen LogP contribution in [-0.2, 0) is 9.59 Å². The van der Waals surface area contributed by atoms with Gasteiger partial charge in [0.2, 0.25) is 0 Å². The van der Waals surface area contributed by atoms with Gasteiger partial charge in [-0.25, -0.2) is 0 Å². The van der Waals surface area contributed by atoms with Gasteiger partial charge in [0.1, 0.15) is 5.78 Å². The molecular weight excluding hydrogens is 392 g/mol. The molecule has 4 aliphatic rings. The molecule has 0 heterocycles. The molecule has 3 nitrogen and oxygen atoms in total. The van der Waals surface area contributed by atoms with Gasteiger partial charge < -0.3 is 5.11 Å². The normalized spacial score (nSPS) is 38.3. The summed E-state index contributed by atoms with van der Waals surface area (Å²) in [6.45, 7) is 2.35. The molecule has 5 atom stereocenters. The van der Waals surface area contributed by atoms with E-state index in [0.29, 0.717) is 35.7 Å². The molecule has 4 aliphatic carbocycles. The molecule has 0 amide bonds. The van der Waals surface area contributed by atoms with E-state index in [9.17, 15) is 14.7 Å². The third-order valence-electron chi connectivity index (χ3n) is 9.09. The summed E-state index contributed by atoms with van der Waals surface area (Å²) in [6, 6.07) is 10.3. The minimum Gasteiger partial charge on any atom is -0.395 e. The summed E-state index contributed by atoms with van der Waals surface area (Å²) in [4.78, 5) is 26.8.